The Hall–Kier alpha value is -0.560. The Labute approximate surface area is 99.3 Å². The first-order valence-corrected chi connectivity index (χ1v) is 6.82. The first kappa shape index (κ1) is 11.9. The van der Waals surface area contributed by atoms with Crippen LogP contribution in [0.15, 0.2) is 24.3 Å². The van der Waals surface area contributed by atoms with Gasteiger partial charge in [-0.25, -0.2) is 0 Å². The zero-order chi connectivity index (χ0) is 11.2. The van der Waals surface area contributed by atoms with Gasteiger partial charge < -0.3 is 5.11 Å². The average molecular weight is 220 g/mol. The molecule has 1 N–H and O–H groups in total. The number of allylic oxidation sites excluding steroid dienone is 4. The second kappa shape index (κ2) is 6.24. The Kier molecular flexibility index (Phi) is 4.65. The van der Waals surface area contributed by atoms with Crippen molar-refractivity contribution in [3.8, 4) is 0 Å². The van der Waals surface area contributed by atoms with Gasteiger partial charge in [0.25, 0.3) is 0 Å². The van der Waals surface area contributed by atoms with E-state index in [1.807, 2.05) is 0 Å². The minimum atomic E-state index is 0.366. The molecule has 0 saturated carbocycles. The molecule has 0 spiro atoms. The number of hydrogen-bond donors (Lipinski definition) is 1. The molecular weight excluding hydrogens is 196 g/mol. The Morgan fingerprint density at radius 3 is 1.88 bits per heavy atom. The lowest BCUT2D eigenvalue weighted by Crippen LogP contribution is -2.26. The molecule has 0 aromatic carbocycles. The molecule has 0 fully saturated rings. The van der Waals surface area contributed by atoms with E-state index in [0.717, 1.165) is 24.2 Å². The van der Waals surface area contributed by atoms with Crippen LogP contribution in [-0.2, 0) is 0 Å². The van der Waals surface area contributed by atoms with Crippen LogP contribution < -0.4 is 0 Å². The summed E-state index contributed by atoms with van der Waals surface area (Å²) >= 11 is 0. The maximum Gasteiger partial charge on any atom is 0.0433 e. The molecule has 0 aromatic heterocycles. The van der Waals surface area contributed by atoms with Crippen LogP contribution in [0.2, 0.25) is 0 Å². The molecule has 2 aliphatic carbocycles. The van der Waals surface area contributed by atoms with Gasteiger partial charge in [0.15, 0.2) is 0 Å². The van der Waals surface area contributed by atoms with Crippen LogP contribution in [0.1, 0.15) is 44.9 Å². The summed E-state index contributed by atoms with van der Waals surface area (Å²) in [5, 5.41) is 9.26. The Morgan fingerprint density at radius 2 is 1.50 bits per heavy atom. The first-order valence-electron chi connectivity index (χ1n) is 6.82. The molecule has 2 unspecified atom stereocenters. The van der Waals surface area contributed by atoms with Gasteiger partial charge in [0.2, 0.25) is 0 Å². The largest absolute Gasteiger partial charge is 0.396 e. The second-order valence-corrected chi connectivity index (χ2v) is 5.27. The molecule has 16 heavy (non-hydrogen) atoms. The highest BCUT2D eigenvalue weighted by molar-refractivity contribution is 4.97. The number of aliphatic hydroxyl groups is 1. The molecule has 2 rings (SSSR count). The highest BCUT2D eigenvalue weighted by atomic mass is 16.3. The predicted molar refractivity (Wildman–Crippen MR) is 68.2 cm³/mol. The third-order valence-electron chi connectivity index (χ3n) is 4.29. The zero-order valence-electron chi connectivity index (χ0n) is 10.1. The predicted octanol–water partition coefficient (Wildman–Crippen LogP) is 3.70. The summed E-state index contributed by atoms with van der Waals surface area (Å²) in [5.41, 5.74) is 0. The summed E-state index contributed by atoms with van der Waals surface area (Å²) in [5.74, 6) is 2.40. The van der Waals surface area contributed by atoms with Gasteiger partial charge in [-0.1, -0.05) is 24.3 Å². The number of aliphatic hydroxyl groups excluding tert-OH is 1. The van der Waals surface area contributed by atoms with Crippen LogP contribution in [0.4, 0.5) is 0 Å². The van der Waals surface area contributed by atoms with Crippen LogP contribution in [0.25, 0.3) is 0 Å². The third kappa shape index (κ3) is 2.98. The lowest BCUT2D eigenvalue weighted by atomic mass is 9.71. The monoisotopic (exact) mass is 220 g/mol. The van der Waals surface area contributed by atoms with Gasteiger partial charge in [-0.15, -0.1) is 0 Å². The molecule has 0 saturated heterocycles. The van der Waals surface area contributed by atoms with E-state index < -0.39 is 0 Å². The minimum Gasteiger partial charge on any atom is -0.396 e. The molecule has 1 nitrogen and oxygen atoms in total. The molecule has 90 valence electrons. The van der Waals surface area contributed by atoms with Crippen molar-refractivity contribution in [3.05, 3.63) is 24.3 Å². The van der Waals surface area contributed by atoms with Gasteiger partial charge in [-0.05, 0) is 62.7 Å². The van der Waals surface area contributed by atoms with Crippen molar-refractivity contribution in [1.29, 1.82) is 0 Å². The summed E-state index contributed by atoms with van der Waals surface area (Å²) in [6.07, 6.45) is 18.0. The topological polar surface area (TPSA) is 20.2 Å². The maximum atomic E-state index is 9.26. The van der Waals surface area contributed by atoms with Crippen molar-refractivity contribution in [3.63, 3.8) is 0 Å². The van der Waals surface area contributed by atoms with E-state index in [1.165, 1.54) is 38.5 Å². The zero-order valence-corrected chi connectivity index (χ0v) is 10.1. The molecule has 0 heterocycles. The minimum absolute atomic E-state index is 0.366. The molecule has 0 amide bonds. The smallest absolute Gasteiger partial charge is 0.0433 e. The third-order valence-corrected chi connectivity index (χ3v) is 4.29. The SMILES string of the molecule is OCCC(C1CC=CCC1)C1CC=CCC1. The number of rotatable bonds is 4. The summed E-state index contributed by atoms with van der Waals surface area (Å²) in [6, 6.07) is 0. The Bertz CT molecular complexity index is 230. The van der Waals surface area contributed by atoms with Crippen molar-refractivity contribution in [2.24, 2.45) is 17.8 Å². The molecule has 0 bridgehead atoms. The summed E-state index contributed by atoms with van der Waals surface area (Å²) in [6.45, 7) is 0.366. The molecule has 0 aromatic rings. The lowest BCUT2D eigenvalue weighted by Gasteiger charge is -2.35. The van der Waals surface area contributed by atoms with Crippen LogP contribution in [0.5, 0.6) is 0 Å². The van der Waals surface area contributed by atoms with Crippen LogP contribution in [0.3, 0.4) is 0 Å². The molecule has 0 radical (unpaired) electrons. The fourth-order valence-electron chi connectivity index (χ4n) is 3.42. The van der Waals surface area contributed by atoms with E-state index in [1.54, 1.807) is 0 Å². The first-order chi connectivity index (χ1) is 7.92. The molecule has 2 aliphatic rings. The fraction of sp³-hybridized carbons (Fsp3) is 0.733. The normalized spacial score (nSPS) is 31.6. The highest BCUT2D eigenvalue weighted by Gasteiger charge is 2.28. The van der Waals surface area contributed by atoms with E-state index in [4.69, 9.17) is 0 Å². The Morgan fingerprint density at radius 1 is 0.938 bits per heavy atom. The van der Waals surface area contributed by atoms with Gasteiger partial charge in [-0.2, -0.15) is 0 Å². The molecule has 1 heteroatoms. The summed E-state index contributed by atoms with van der Waals surface area (Å²) in [7, 11) is 0. The molecule has 0 aliphatic heterocycles. The Balaban J connectivity index is 1.97. The van der Waals surface area contributed by atoms with Crippen molar-refractivity contribution < 1.29 is 5.11 Å². The molecular formula is C15H24O. The summed E-state index contributed by atoms with van der Waals surface area (Å²) < 4.78 is 0. The van der Waals surface area contributed by atoms with Crippen molar-refractivity contribution in [2.45, 2.75) is 44.9 Å². The highest BCUT2D eigenvalue weighted by Crippen LogP contribution is 2.38. The van der Waals surface area contributed by atoms with Crippen molar-refractivity contribution >= 4 is 0 Å². The van der Waals surface area contributed by atoms with Crippen molar-refractivity contribution in [2.75, 3.05) is 6.61 Å². The van der Waals surface area contributed by atoms with Gasteiger partial charge in [-0.3, -0.25) is 0 Å². The lowest BCUT2D eigenvalue weighted by molar-refractivity contribution is 0.148. The van der Waals surface area contributed by atoms with Gasteiger partial charge in [0, 0.05) is 6.61 Å². The van der Waals surface area contributed by atoms with Crippen LogP contribution in [-0.4, -0.2) is 11.7 Å². The van der Waals surface area contributed by atoms with Crippen LogP contribution >= 0.6 is 0 Å². The summed E-state index contributed by atoms with van der Waals surface area (Å²) in [4.78, 5) is 0. The standard InChI is InChI=1S/C15H24O/c16-12-11-15(13-7-3-1-4-8-13)14-9-5-2-6-10-14/h1-3,5,13-16H,4,6-12H2. The number of hydrogen-bond acceptors (Lipinski definition) is 1. The van der Waals surface area contributed by atoms with Gasteiger partial charge in [0.05, 0.1) is 0 Å². The maximum absolute atomic E-state index is 9.26. The van der Waals surface area contributed by atoms with E-state index in [9.17, 15) is 5.11 Å². The van der Waals surface area contributed by atoms with E-state index in [-0.39, 0.29) is 0 Å². The van der Waals surface area contributed by atoms with Crippen LogP contribution in [0, 0.1) is 17.8 Å². The van der Waals surface area contributed by atoms with E-state index in [0.29, 0.717) is 6.61 Å². The van der Waals surface area contributed by atoms with Crippen molar-refractivity contribution in [1.82, 2.24) is 0 Å². The molecule has 2 atom stereocenters. The fourth-order valence-corrected chi connectivity index (χ4v) is 3.42. The van der Waals surface area contributed by atoms with Gasteiger partial charge in [0.1, 0.15) is 0 Å². The second-order valence-electron chi connectivity index (χ2n) is 5.27. The van der Waals surface area contributed by atoms with Gasteiger partial charge >= 0.3 is 0 Å². The van der Waals surface area contributed by atoms with E-state index >= 15 is 0 Å². The quantitative estimate of drug-likeness (QED) is 0.716. The average Bonchev–Trinajstić information content (AvgIpc) is 2.38. The van der Waals surface area contributed by atoms with E-state index in [2.05, 4.69) is 24.3 Å².